The van der Waals surface area contributed by atoms with Gasteiger partial charge < -0.3 is 14.7 Å². The van der Waals surface area contributed by atoms with Gasteiger partial charge >= 0.3 is 5.97 Å². The van der Waals surface area contributed by atoms with Gasteiger partial charge in [0.1, 0.15) is 6.61 Å². The van der Waals surface area contributed by atoms with Crippen LogP contribution in [0.4, 0.5) is 0 Å². The van der Waals surface area contributed by atoms with Crippen LogP contribution in [-0.4, -0.2) is 48.2 Å². The monoisotopic (exact) mass is 230 g/mol. The molecule has 1 aromatic heterocycles. The minimum Gasteiger partial charge on any atom is -0.477 e. The Morgan fingerprint density at radius 2 is 2.27 bits per heavy atom. The fraction of sp³-hybridized carbons (Fsp3) is 0.556. The number of hydrogen-bond acceptors (Lipinski definition) is 5. The second-order valence-corrected chi connectivity index (χ2v) is 4.53. The maximum atomic E-state index is 10.8. The third-order valence-corrected chi connectivity index (χ3v) is 2.61. The van der Waals surface area contributed by atoms with E-state index in [-0.39, 0.29) is 10.8 Å². The first-order valence-corrected chi connectivity index (χ1v) is 5.30. The molecule has 0 aliphatic rings. The van der Waals surface area contributed by atoms with E-state index in [0.717, 1.165) is 17.9 Å². The molecule has 0 amide bonds. The molecule has 0 aliphatic carbocycles. The summed E-state index contributed by atoms with van der Waals surface area (Å²) in [4.78, 5) is 17.0. The van der Waals surface area contributed by atoms with E-state index in [9.17, 15) is 4.79 Å². The molecule has 5 nitrogen and oxygen atoms in total. The largest absolute Gasteiger partial charge is 0.477 e. The van der Waals surface area contributed by atoms with Crippen LogP contribution in [0.2, 0.25) is 0 Å². The van der Waals surface area contributed by atoms with Crippen LogP contribution < -0.4 is 4.74 Å². The number of ether oxygens (including phenoxy) is 1. The lowest BCUT2D eigenvalue weighted by molar-refractivity contribution is 0.0697. The summed E-state index contributed by atoms with van der Waals surface area (Å²) >= 11 is 1.13. The molecule has 1 rings (SSSR count). The Morgan fingerprint density at radius 1 is 1.60 bits per heavy atom. The van der Waals surface area contributed by atoms with Gasteiger partial charge in [0.15, 0.2) is 4.88 Å². The maximum absolute atomic E-state index is 10.8. The standard InChI is InChI=1S/C9H14N2O3S/c1-6-10-8(7(15-6)9(12)13)14-5-4-11(2)3/h4-5H2,1-3H3,(H,12,13). The summed E-state index contributed by atoms with van der Waals surface area (Å²) in [5, 5.41) is 9.57. The Labute approximate surface area is 92.3 Å². The van der Waals surface area contributed by atoms with Crippen LogP contribution in [0, 0.1) is 6.92 Å². The third kappa shape index (κ3) is 3.49. The van der Waals surface area contributed by atoms with Crippen LogP contribution >= 0.6 is 11.3 Å². The fourth-order valence-electron chi connectivity index (χ4n) is 0.966. The minimum atomic E-state index is -0.986. The van der Waals surface area contributed by atoms with Crippen molar-refractivity contribution in [1.29, 1.82) is 0 Å². The van der Waals surface area contributed by atoms with E-state index in [1.165, 1.54) is 0 Å². The predicted molar refractivity (Wildman–Crippen MR) is 57.9 cm³/mol. The number of rotatable bonds is 5. The second-order valence-electron chi connectivity index (χ2n) is 3.32. The Bertz CT molecular complexity index is 349. The van der Waals surface area contributed by atoms with Crippen LogP contribution in [0.15, 0.2) is 0 Å². The number of carbonyl (C=O) groups is 1. The molecule has 0 aromatic carbocycles. The van der Waals surface area contributed by atoms with Crippen LogP contribution in [0.3, 0.4) is 0 Å². The molecule has 0 fully saturated rings. The molecule has 0 aliphatic heterocycles. The smallest absolute Gasteiger partial charge is 0.351 e. The van der Waals surface area contributed by atoms with Gasteiger partial charge in [0.2, 0.25) is 5.88 Å². The number of aromatic carboxylic acids is 1. The molecule has 1 aromatic rings. The molecule has 0 atom stereocenters. The SMILES string of the molecule is Cc1nc(OCCN(C)C)c(C(=O)O)s1. The normalized spacial score (nSPS) is 10.7. The molecule has 6 heteroatoms. The van der Waals surface area contributed by atoms with Crippen molar-refractivity contribution in [2.45, 2.75) is 6.92 Å². The zero-order valence-electron chi connectivity index (χ0n) is 8.98. The van der Waals surface area contributed by atoms with E-state index in [0.29, 0.717) is 11.6 Å². The highest BCUT2D eigenvalue weighted by Crippen LogP contribution is 2.24. The van der Waals surface area contributed by atoms with Gasteiger partial charge in [0, 0.05) is 6.54 Å². The number of carboxylic acids is 1. The zero-order valence-corrected chi connectivity index (χ0v) is 9.80. The molecular weight excluding hydrogens is 216 g/mol. The Morgan fingerprint density at radius 3 is 2.80 bits per heavy atom. The van der Waals surface area contributed by atoms with Crippen molar-refractivity contribution in [3.8, 4) is 5.88 Å². The van der Waals surface area contributed by atoms with Crippen molar-refractivity contribution in [3.05, 3.63) is 9.88 Å². The average molecular weight is 230 g/mol. The van der Waals surface area contributed by atoms with Crippen molar-refractivity contribution < 1.29 is 14.6 Å². The van der Waals surface area contributed by atoms with E-state index in [1.54, 1.807) is 6.92 Å². The summed E-state index contributed by atoms with van der Waals surface area (Å²) in [6.07, 6.45) is 0. The summed E-state index contributed by atoms with van der Waals surface area (Å²) in [6, 6.07) is 0. The van der Waals surface area contributed by atoms with Crippen LogP contribution in [0.25, 0.3) is 0 Å². The van der Waals surface area contributed by atoms with Crippen molar-refractivity contribution >= 4 is 17.3 Å². The number of aromatic nitrogens is 1. The van der Waals surface area contributed by atoms with Crippen LogP contribution in [0.1, 0.15) is 14.7 Å². The second kappa shape index (κ2) is 5.09. The summed E-state index contributed by atoms with van der Waals surface area (Å²) in [5.74, 6) is -0.757. The molecule has 0 saturated carbocycles. The molecule has 0 radical (unpaired) electrons. The Balaban J connectivity index is 2.63. The van der Waals surface area contributed by atoms with Crippen molar-refractivity contribution in [2.24, 2.45) is 0 Å². The van der Waals surface area contributed by atoms with Crippen molar-refractivity contribution in [3.63, 3.8) is 0 Å². The number of likely N-dealkylation sites (N-methyl/N-ethyl adjacent to an activating group) is 1. The lowest BCUT2D eigenvalue weighted by atomic mass is 10.5. The molecule has 0 spiro atoms. The van der Waals surface area contributed by atoms with E-state index < -0.39 is 5.97 Å². The van der Waals surface area contributed by atoms with Gasteiger partial charge in [-0.05, 0) is 21.0 Å². The average Bonchev–Trinajstić information content (AvgIpc) is 2.46. The minimum absolute atomic E-state index is 0.172. The van der Waals surface area contributed by atoms with E-state index >= 15 is 0 Å². The van der Waals surface area contributed by atoms with E-state index in [2.05, 4.69) is 4.98 Å². The van der Waals surface area contributed by atoms with Gasteiger partial charge in [-0.15, -0.1) is 11.3 Å². The van der Waals surface area contributed by atoms with Gasteiger partial charge in [-0.3, -0.25) is 0 Å². The predicted octanol–water partition coefficient (Wildman–Crippen LogP) is 1.09. The van der Waals surface area contributed by atoms with Gasteiger partial charge in [0.05, 0.1) is 5.01 Å². The summed E-state index contributed by atoms with van der Waals surface area (Å²) in [5.41, 5.74) is 0. The molecule has 84 valence electrons. The van der Waals surface area contributed by atoms with Gasteiger partial charge in [0.25, 0.3) is 0 Å². The van der Waals surface area contributed by atoms with Crippen molar-refractivity contribution in [1.82, 2.24) is 9.88 Å². The summed E-state index contributed by atoms with van der Waals surface area (Å²) in [6.45, 7) is 2.93. The van der Waals surface area contributed by atoms with Crippen LogP contribution in [0.5, 0.6) is 5.88 Å². The molecule has 1 N–H and O–H groups in total. The van der Waals surface area contributed by atoms with Crippen LogP contribution in [-0.2, 0) is 0 Å². The number of aryl methyl sites for hydroxylation is 1. The van der Waals surface area contributed by atoms with Gasteiger partial charge in [-0.1, -0.05) is 0 Å². The van der Waals surface area contributed by atoms with Gasteiger partial charge in [-0.25, -0.2) is 9.78 Å². The van der Waals surface area contributed by atoms with E-state index in [4.69, 9.17) is 9.84 Å². The Kier molecular flexibility index (Phi) is 4.05. The quantitative estimate of drug-likeness (QED) is 0.820. The van der Waals surface area contributed by atoms with Gasteiger partial charge in [-0.2, -0.15) is 0 Å². The molecule has 15 heavy (non-hydrogen) atoms. The number of thiazole rings is 1. The molecule has 0 bridgehead atoms. The van der Waals surface area contributed by atoms with Crippen molar-refractivity contribution in [2.75, 3.05) is 27.2 Å². The Hall–Kier alpha value is -1.14. The fourth-order valence-corrected chi connectivity index (χ4v) is 1.67. The summed E-state index contributed by atoms with van der Waals surface area (Å²) < 4.78 is 5.31. The maximum Gasteiger partial charge on any atom is 0.351 e. The molecular formula is C9H14N2O3S. The topological polar surface area (TPSA) is 62.7 Å². The lowest BCUT2D eigenvalue weighted by Gasteiger charge is -2.09. The highest BCUT2D eigenvalue weighted by atomic mass is 32.1. The first-order chi connectivity index (χ1) is 7.00. The number of hydrogen-bond donors (Lipinski definition) is 1. The highest BCUT2D eigenvalue weighted by Gasteiger charge is 2.16. The third-order valence-electron chi connectivity index (χ3n) is 1.67. The number of carboxylic acid groups (broad SMARTS) is 1. The zero-order chi connectivity index (χ0) is 11.4. The first-order valence-electron chi connectivity index (χ1n) is 4.49. The number of nitrogens with zero attached hydrogens (tertiary/aromatic N) is 2. The molecule has 1 heterocycles. The molecule has 0 unspecified atom stereocenters. The van der Waals surface area contributed by atoms with E-state index in [1.807, 2.05) is 19.0 Å². The summed E-state index contributed by atoms with van der Waals surface area (Å²) in [7, 11) is 3.85. The molecule has 0 saturated heterocycles. The lowest BCUT2D eigenvalue weighted by Crippen LogP contribution is -2.20. The first kappa shape index (κ1) is 11.9. The highest BCUT2D eigenvalue weighted by molar-refractivity contribution is 7.13.